The van der Waals surface area contributed by atoms with Gasteiger partial charge in [-0.05, 0) is 19.1 Å². The fourth-order valence-electron chi connectivity index (χ4n) is 1.05. The minimum Gasteiger partial charge on any atom is -0.391 e. The van der Waals surface area contributed by atoms with Gasteiger partial charge in [0.2, 0.25) is 0 Å². The largest absolute Gasteiger partial charge is 0.391 e. The van der Waals surface area contributed by atoms with Crippen LogP contribution in [0.25, 0.3) is 0 Å². The first-order chi connectivity index (χ1) is 7.52. The first-order valence-corrected chi connectivity index (χ1v) is 4.57. The highest BCUT2D eigenvalue weighted by Gasteiger charge is 2.26. The third-order valence-corrected chi connectivity index (χ3v) is 1.84. The minimum atomic E-state index is -1.48. The molecule has 0 fully saturated rings. The molecule has 0 amide bonds. The summed E-state index contributed by atoms with van der Waals surface area (Å²) < 4.78 is 4.72. The SMILES string of the molecule is C=C(C)C(=O)OC(c1ccccc1)[N+](=O)[O-]. The predicted octanol–water partition coefficient (Wildman–Crippen LogP) is 2.08. The Labute approximate surface area is 92.5 Å². The average Bonchev–Trinajstić information content (AvgIpc) is 2.26. The highest BCUT2D eigenvalue weighted by Crippen LogP contribution is 2.18. The van der Waals surface area contributed by atoms with Gasteiger partial charge in [-0.15, -0.1) is 0 Å². The quantitative estimate of drug-likeness (QED) is 0.256. The number of hydrogen-bond acceptors (Lipinski definition) is 4. The molecule has 1 rings (SSSR count). The Morgan fingerprint density at radius 2 is 2.00 bits per heavy atom. The average molecular weight is 221 g/mol. The van der Waals surface area contributed by atoms with E-state index < -0.39 is 17.1 Å². The van der Waals surface area contributed by atoms with Crippen LogP contribution in [-0.2, 0) is 9.53 Å². The maximum atomic E-state index is 11.2. The zero-order chi connectivity index (χ0) is 12.1. The summed E-state index contributed by atoms with van der Waals surface area (Å²) in [7, 11) is 0. The van der Waals surface area contributed by atoms with Crippen LogP contribution < -0.4 is 0 Å². The maximum absolute atomic E-state index is 11.2. The van der Waals surface area contributed by atoms with Crippen LogP contribution in [0.4, 0.5) is 0 Å². The van der Waals surface area contributed by atoms with Gasteiger partial charge >= 0.3 is 12.2 Å². The molecule has 0 aliphatic heterocycles. The van der Waals surface area contributed by atoms with E-state index in [1.54, 1.807) is 18.2 Å². The maximum Gasteiger partial charge on any atom is 0.383 e. The second-order valence-corrected chi connectivity index (χ2v) is 3.23. The molecular formula is C11H11NO4. The van der Waals surface area contributed by atoms with Gasteiger partial charge in [-0.3, -0.25) is 10.1 Å². The summed E-state index contributed by atoms with van der Waals surface area (Å²) in [6.07, 6.45) is -1.48. The first kappa shape index (κ1) is 11.9. The molecular weight excluding hydrogens is 210 g/mol. The number of esters is 1. The molecule has 5 heteroatoms. The standard InChI is InChI=1S/C11H11NO4/c1-8(2)11(13)16-10(12(14)15)9-6-4-3-5-7-9/h3-7,10H,1H2,2H3. The number of hydrogen-bond donors (Lipinski definition) is 0. The van der Waals surface area contributed by atoms with Crippen LogP contribution in [0.3, 0.4) is 0 Å². The molecule has 1 atom stereocenters. The van der Waals surface area contributed by atoms with Gasteiger partial charge in [0.1, 0.15) is 0 Å². The molecule has 0 aromatic heterocycles. The van der Waals surface area contributed by atoms with E-state index in [1.807, 2.05) is 0 Å². The molecule has 0 spiro atoms. The fourth-order valence-corrected chi connectivity index (χ4v) is 1.05. The van der Waals surface area contributed by atoms with Gasteiger partial charge < -0.3 is 4.74 Å². The molecule has 0 saturated heterocycles. The van der Waals surface area contributed by atoms with E-state index in [0.29, 0.717) is 5.56 Å². The van der Waals surface area contributed by atoms with E-state index in [4.69, 9.17) is 4.74 Å². The molecule has 1 aromatic rings. The first-order valence-electron chi connectivity index (χ1n) is 4.57. The molecule has 0 saturated carbocycles. The van der Waals surface area contributed by atoms with Crippen molar-refractivity contribution in [1.82, 2.24) is 0 Å². The van der Waals surface area contributed by atoms with Crippen LogP contribution in [0.1, 0.15) is 18.7 Å². The number of benzene rings is 1. The van der Waals surface area contributed by atoms with Crippen molar-refractivity contribution < 1.29 is 14.5 Å². The second-order valence-electron chi connectivity index (χ2n) is 3.23. The lowest BCUT2D eigenvalue weighted by Crippen LogP contribution is -2.18. The number of rotatable bonds is 4. The molecule has 1 unspecified atom stereocenters. The minimum absolute atomic E-state index is 0.128. The predicted molar refractivity (Wildman–Crippen MR) is 57.1 cm³/mol. The number of carbonyl (C=O) groups is 1. The topological polar surface area (TPSA) is 69.4 Å². The Morgan fingerprint density at radius 1 is 1.44 bits per heavy atom. The highest BCUT2D eigenvalue weighted by atomic mass is 16.7. The molecule has 0 aliphatic rings. The molecule has 16 heavy (non-hydrogen) atoms. The zero-order valence-electron chi connectivity index (χ0n) is 8.75. The van der Waals surface area contributed by atoms with E-state index in [1.165, 1.54) is 19.1 Å². The Balaban J connectivity index is 2.89. The van der Waals surface area contributed by atoms with Crippen molar-refractivity contribution in [3.05, 3.63) is 58.2 Å². The van der Waals surface area contributed by atoms with Crippen LogP contribution >= 0.6 is 0 Å². The number of nitrogens with zero attached hydrogens (tertiary/aromatic N) is 1. The lowest BCUT2D eigenvalue weighted by Gasteiger charge is -2.10. The van der Waals surface area contributed by atoms with Gasteiger partial charge in [0, 0.05) is 5.57 Å². The lowest BCUT2D eigenvalue weighted by atomic mass is 10.2. The highest BCUT2D eigenvalue weighted by molar-refractivity contribution is 5.87. The Kier molecular flexibility index (Phi) is 3.77. The molecule has 0 bridgehead atoms. The molecule has 0 aliphatic carbocycles. The molecule has 84 valence electrons. The van der Waals surface area contributed by atoms with E-state index in [0.717, 1.165) is 0 Å². The molecule has 5 nitrogen and oxygen atoms in total. The van der Waals surface area contributed by atoms with Gasteiger partial charge in [0.25, 0.3) is 0 Å². The van der Waals surface area contributed by atoms with Crippen molar-refractivity contribution >= 4 is 5.97 Å². The van der Waals surface area contributed by atoms with Crippen LogP contribution in [0.2, 0.25) is 0 Å². The summed E-state index contributed by atoms with van der Waals surface area (Å²) in [5, 5.41) is 10.8. The van der Waals surface area contributed by atoms with Crippen molar-refractivity contribution in [1.29, 1.82) is 0 Å². The third kappa shape index (κ3) is 2.91. The van der Waals surface area contributed by atoms with Crippen LogP contribution in [0, 0.1) is 10.1 Å². The molecule has 0 N–H and O–H groups in total. The fraction of sp³-hybridized carbons (Fsp3) is 0.182. The van der Waals surface area contributed by atoms with E-state index >= 15 is 0 Å². The van der Waals surface area contributed by atoms with Gasteiger partial charge in [-0.2, -0.15) is 0 Å². The summed E-state index contributed by atoms with van der Waals surface area (Å²) in [5.41, 5.74) is 0.449. The van der Waals surface area contributed by atoms with Crippen molar-refractivity contribution in [2.24, 2.45) is 0 Å². The number of carbonyl (C=O) groups excluding carboxylic acids is 1. The number of nitro groups is 1. The summed E-state index contributed by atoms with van der Waals surface area (Å²) >= 11 is 0. The third-order valence-electron chi connectivity index (χ3n) is 1.84. The van der Waals surface area contributed by atoms with E-state index in [9.17, 15) is 14.9 Å². The van der Waals surface area contributed by atoms with Gasteiger partial charge in [0.15, 0.2) is 0 Å². The van der Waals surface area contributed by atoms with Gasteiger partial charge in [-0.25, -0.2) is 4.79 Å². The summed E-state index contributed by atoms with van der Waals surface area (Å²) in [6.45, 7) is 4.80. The second kappa shape index (κ2) is 5.06. The van der Waals surface area contributed by atoms with Crippen molar-refractivity contribution in [3.8, 4) is 0 Å². The molecule has 0 radical (unpaired) electrons. The Bertz CT molecular complexity index is 413. The Morgan fingerprint density at radius 3 is 2.44 bits per heavy atom. The lowest BCUT2D eigenvalue weighted by molar-refractivity contribution is -0.575. The smallest absolute Gasteiger partial charge is 0.383 e. The van der Waals surface area contributed by atoms with Gasteiger partial charge in [0.05, 0.1) is 10.5 Å². The van der Waals surface area contributed by atoms with Crippen LogP contribution in [0.5, 0.6) is 0 Å². The summed E-state index contributed by atoms with van der Waals surface area (Å²) in [4.78, 5) is 21.3. The zero-order valence-corrected chi connectivity index (χ0v) is 8.75. The van der Waals surface area contributed by atoms with Crippen LogP contribution in [-0.4, -0.2) is 10.9 Å². The molecule has 1 aromatic carbocycles. The monoisotopic (exact) mass is 221 g/mol. The van der Waals surface area contributed by atoms with E-state index in [2.05, 4.69) is 6.58 Å². The van der Waals surface area contributed by atoms with Crippen molar-refractivity contribution in [3.63, 3.8) is 0 Å². The van der Waals surface area contributed by atoms with Crippen molar-refractivity contribution in [2.75, 3.05) is 0 Å². The van der Waals surface area contributed by atoms with E-state index in [-0.39, 0.29) is 5.57 Å². The Hall–Kier alpha value is -2.17. The van der Waals surface area contributed by atoms with Crippen LogP contribution in [0.15, 0.2) is 42.5 Å². The van der Waals surface area contributed by atoms with Crippen molar-refractivity contribution in [2.45, 2.75) is 13.2 Å². The van der Waals surface area contributed by atoms with Gasteiger partial charge in [-0.1, -0.05) is 24.8 Å². The summed E-state index contributed by atoms with van der Waals surface area (Å²) in [5.74, 6) is -0.773. The molecule has 0 heterocycles. The normalized spacial score (nSPS) is 11.6. The number of ether oxygens (including phenoxy) is 1. The summed E-state index contributed by atoms with van der Waals surface area (Å²) in [6, 6.07) is 8.06.